The summed E-state index contributed by atoms with van der Waals surface area (Å²) in [6.07, 6.45) is 0.197. The summed E-state index contributed by atoms with van der Waals surface area (Å²) < 4.78 is 34.1. The highest BCUT2D eigenvalue weighted by Crippen LogP contribution is 2.30. The van der Waals surface area contributed by atoms with Crippen LogP contribution in [0.4, 0.5) is 5.69 Å². The molecule has 1 fully saturated rings. The van der Waals surface area contributed by atoms with E-state index in [1.165, 1.54) is 19.9 Å². The summed E-state index contributed by atoms with van der Waals surface area (Å²) >= 11 is 0. The number of piperidine rings is 1. The zero-order chi connectivity index (χ0) is 24.5. The Kier molecular flexibility index (Phi) is 6.52. The molecule has 2 aliphatic rings. The van der Waals surface area contributed by atoms with E-state index < -0.39 is 33.9 Å². The molecule has 0 saturated carbocycles. The molecule has 1 amide bonds. The predicted octanol–water partition coefficient (Wildman–Crippen LogP) is 2.62. The number of rotatable bonds is 5. The van der Waals surface area contributed by atoms with Gasteiger partial charge in [0.1, 0.15) is 4.90 Å². The number of ether oxygens (including phenoxy) is 1. The number of carbonyl (C=O) groups is 3. The molecule has 1 N–H and O–H groups in total. The Balaban J connectivity index is 1.38. The van der Waals surface area contributed by atoms with E-state index in [2.05, 4.69) is 9.71 Å². The number of likely N-dealkylation sites (tertiary alicyclic amines) is 1. The maximum absolute atomic E-state index is 12.8. The number of hydrogen-bond donors (Lipinski definition) is 1. The molecule has 0 aromatic heterocycles. The Labute approximate surface area is 197 Å². The zero-order valence-corrected chi connectivity index (χ0v) is 19.7. The van der Waals surface area contributed by atoms with Crippen molar-refractivity contribution in [1.82, 2.24) is 4.90 Å². The Bertz CT molecular complexity index is 1270. The zero-order valence-electron chi connectivity index (χ0n) is 18.9. The van der Waals surface area contributed by atoms with E-state index >= 15 is 0 Å². The predicted molar refractivity (Wildman–Crippen MR) is 125 cm³/mol. The number of benzene rings is 2. The van der Waals surface area contributed by atoms with Gasteiger partial charge in [0, 0.05) is 29.9 Å². The van der Waals surface area contributed by atoms with Crippen LogP contribution in [0.2, 0.25) is 0 Å². The first-order chi connectivity index (χ1) is 16.2. The molecule has 2 atom stereocenters. The summed E-state index contributed by atoms with van der Waals surface area (Å²) in [6.45, 7) is 3.77. The van der Waals surface area contributed by atoms with Crippen molar-refractivity contribution in [3.05, 3.63) is 59.7 Å². The van der Waals surface area contributed by atoms with Gasteiger partial charge in [-0.3, -0.25) is 14.4 Å². The normalized spacial score (nSPS) is 19.5. The first-order valence-corrected chi connectivity index (χ1v) is 12.4. The van der Waals surface area contributed by atoms with E-state index in [-0.39, 0.29) is 17.2 Å². The molecule has 2 heterocycles. The van der Waals surface area contributed by atoms with Gasteiger partial charge in [0.25, 0.3) is 15.9 Å². The summed E-state index contributed by atoms with van der Waals surface area (Å²) in [7, 11) is -3.75. The smallest absolute Gasteiger partial charge is 0.311 e. The van der Waals surface area contributed by atoms with Crippen LogP contribution >= 0.6 is 0 Å². The third-order valence-electron chi connectivity index (χ3n) is 5.89. The number of anilines is 1. The molecule has 2 aliphatic heterocycles. The maximum Gasteiger partial charge on any atom is 0.311 e. The lowest BCUT2D eigenvalue weighted by Gasteiger charge is -2.33. The Morgan fingerprint density at radius 3 is 2.53 bits per heavy atom. The fourth-order valence-electron chi connectivity index (χ4n) is 4.03. The van der Waals surface area contributed by atoms with Gasteiger partial charge in [-0.15, -0.1) is 4.40 Å². The SMILES string of the molecule is CC(=O)c1ccc(NC(=O)[C@@H](C)OC(=O)[C@H]2CCCN(C3=NS(=O)(=O)c4ccccc43)C2)cc1. The Morgan fingerprint density at radius 1 is 1.12 bits per heavy atom. The second kappa shape index (κ2) is 9.38. The fourth-order valence-corrected chi connectivity index (χ4v) is 5.26. The van der Waals surface area contributed by atoms with Gasteiger partial charge in [-0.05, 0) is 63.1 Å². The van der Waals surface area contributed by atoms with E-state index in [9.17, 15) is 22.8 Å². The highest BCUT2D eigenvalue weighted by atomic mass is 32.2. The number of Topliss-reactive ketones (excluding diaryl/α,β-unsaturated/α-hetero) is 1. The fraction of sp³-hybridized carbons (Fsp3) is 0.333. The third-order valence-corrected chi connectivity index (χ3v) is 7.21. The summed E-state index contributed by atoms with van der Waals surface area (Å²) in [6, 6.07) is 13.0. The van der Waals surface area contributed by atoms with Gasteiger partial charge in [-0.25, -0.2) is 0 Å². The van der Waals surface area contributed by atoms with Crippen LogP contribution in [0.5, 0.6) is 0 Å². The lowest BCUT2D eigenvalue weighted by Crippen LogP contribution is -2.44. The van der Waals surface area contributed by atoms with E-state index in [1.54, 1.807) is 47.4 Å². The number of hydrogen-bond acceptors (Lipinski definition) is 7. The molecule has 34 heavy (non-hydrogen) atoms. The lowest BCUT2D eigenvalue weighted by molar-refractivity contribution is -0.158. The minimum atomic E-state index is -3.75. The van der Waals surface area contributed by atoms with Crippen molar-refractivity contribution < 1.29 is 27.5 Å². The van der Waals surface area contributed by atoms with Gasteiger partial charge in [0.15, 0.2) is 17.7 Å². The number of nitrogens with one attached hydrogen (secondary N) is 1. The van der Waals surface area contributed by atoms with Crippen molar-refractivity contribution in [1.29, 1.82) is 0 Å². The molecule has 178 valence electrons. The summed E-state index contributed by atoms with van der Waals surface area (Å²) in [5.74, 6) is -1.26. The molecule has 1 saturated heterocycles. The minimum absolute atomic E-state index is 0.0774. The van der Waals surface area contributed by atoms with E-state index in [0.29, 0.717) is 42.0 Å². The summed E-state index contributed by atoms with van der Waals surface area (Å²) in [5, 5.41) is 2.67. The number of carbonyl (C=O) groups excluding carboxylic acids is 3. The van der Waals surface area contributed by atoms with E-state index in [1.807, 2.05) is 0 Å². The quantitative estimate of drug-likeness (QED) is 0.512. The monoisotopic (exact) mass is 483 g/mol. The molecule has 4 rings (SSSR count). The Morgan fingerprint density at radius 2 is 1.82 bits per heavy atom. The molecular formula is C24H25N3O6S. The number of esters is 1. The molecule has 0 bridgehead atoms. The Hall–Kier alpha value is -3.53. The number of amidine groups is 1. The molecular weight excluding hydrogens is 458 g/mol. The van der Waals surface area contributed by atoms with Crippen molar-refractivity contribution in [3.63, 3.8) is 0 Å². The minimum Gasteiger partial charge on any atom is -0.452 e. The molecule has 2 aromatic carbocycles. The van der Waals surface area contributed by atoms with Crippen LogP contribution in [0, 0.1) is 5.92 Å². The number of fused-ring (bicyclic) bond motifs is 1. The average molecular weight is 484 g/mol. The van der Waals surface area contributed by atoms with Crippen LogP contribution < -0.4 is 5.32 Å². The number of nitrogens with zero attached hydrogens (tertiary/aromatic N) is 2. The number of ketones is 1. The number of amides is 1. The van der Waals surface area contributed by atoms with Crippen LogP contribution in [0.3, 0.4) is 0 Å². The van der Waals surface area contributed by atoms with E-state index in [0.717, 1.165) is 0 Å². The van der Waals surface area contributed by atoms with Gasteiger partial charge in [0.05, 0.1) is 5.92 Å². The van der Waals surface area contributed by atoms with Crippen LogP contribution in [-0.2, 0) is 24.3 Å². The van der Waals surface area contributed by atoms with Crippen LogP contribution in [0.1, 0.15) is 42.6 Å². The van der Waals surface area contributed by atoms with Crippen LogP contribution in [0.15, 0.2) is 57.8 Å². The number of sulfonamides is 1. The average Bonchev–Trinajstić information content (AvgIpc) is 3.10. The molecule has 0 spiro atoms. The second-order valence-electron chi connectivity index (χ2n) is 8.37. The first-order valence-electron chi connectivity index (χ1n) is 11.0. The van der Waals surface area contributed by atoms with Gasteiger partial charge in [0.2, 0.25) is 0 Å². The highest BCUT2D eigenvalue weighted by Gasteiger charge is 2.36. The molecule has 9 nitrogen and oxygen atoms in total. The van der Waals surface area contributed by atoms with Crippen molar-refractivity contribution >= 4 is 39.2 Å². The first kappa shape index (κ1) is 23.6. The van der Waals surface area contributed by atoms with Gasteiger partial charge in [-0.1, -0.05) is 12.1 Å². The van der Waals surface area contributed by atoms with Gasteiger partial charge >= 0.3 is 5.97 Å². The van der Waals surface area contributed by atoms with Crippen molar-refractivity contribution in [2.75, 3.05) is 18.4 Å². The molecule has 10 heteroatoms. The molecule has 0 aliphatic carbocycles. The van der Waals surface area contributed by atoms with Crippen molar-refractivity contribution in [3.8, 4) is 0 Å². The second-order valence-corrected chi connectivity index (χ2v) is 9.95. The van der Waals surface area contributed by atoms with Gasteiger partial charge in [-0.2, -0.15) is 8.42 Å². The van der Waals surface area contributed by atoms with Crippen molar-refractivity contribution in [2.24, 2.45) is 10.3 Å². The molecule has 0 unspecified atom stereocenters. The molecule has 0 radical (unpaired) electrons. The van der Waals surface area contributed by atoms with Gasteiger partial charge < -0.3 is 15.0 Å². The largest absolute Gasteiger partial charge is 0.452 e. The van der Waals surface area contributed by atoms with Crippen LogP contribution in [-0.4, -0.2) is 56.0 Å². The third kappa shape index (κ3) is 4.86. The highest BCUT2D eigenvalue weighted by molar-refractivity contribution is 7.90. The standard InChI is InChI=1S/C24H25N3O6S/c1-15(28)17-9-11-19(12-10-17)25-23(29)16(2)33-24(30)18-6-5-13-27(14-18)22-20-7-3-4-8-21(20)34(31,32)26-22/h3-4,7-12,16,18H,5-6,13-14H2,1-2H3,(H,25,29)/t16-,18+/m1/s1. The lowest BCUT2D eigenvalue weighted by atomic mass is 9.97. The maximum atomic E-state index is 12.8. The topological polar surface area (TPSA) is 122 Å². The van der Waals surface area contributed by atoms with Crippen molar-refractivity contribution in [2.45, 2.75) is 37.7 Å². The molecule has 2 aromatic rings. The summed E-state index contributed by atoms with van der Waals surface area (Å²) in [5.41, 5.74) is 1.54. The van der Waals surface area contributed by atoms with Crippen LogP contribution in [0.25, 0.3) is 0 Å². The summed E-state index contributed by atoms with van der Waals surface area (Å²) in [4.78, 5) is 38.6. The van der Waals surface area contributed by atoms with E-state index in [4.69, 9.17) is 4.74 Å².